The van der Waals surface area contributed by atoms with Crippen LogP contribution in [0.5, 0.6) is 0 Å². The van der Waals surface area contributed by atoms with Crippen LogP contribution in [0.4, 0.5) is 10.3 Å². The number of carboxylic acids is 1. The van der Waals surface area contributed by atoms with E-state index in [2.05, 4.69) is 57.8 Å². The molecule has 18 heteroatoms. The third-order valence-electron chi connectivity index (χ3n) is 6.68. The van der Waals surface area contributed by atoms with Gasteiger partial charge in [0.25, 0.3) is 11.8 Å². The Kier molecular flexibility index (Phi) is 99.9. The van der Waals surface area contributed by atoms with Crippen LogP contribution in [0, 0.1) is 7.43 Å². The van der Waals surface area contributed by atoms with Gasteiger partial charge in [0.15, 0.2) is 10.3 Å². The normalized spacial score (nSPS) is 7.48. The summed E-state index contributed by atoms with van der Waals surface area (Å²) in [6.07, 6.45) is 0. The Balaban J connectivity index is -0.0000000774. The number of carbonyl (C=O) groups is 3. The number of anilines is 2. The quantitative estimate of drug-likeness (QED) is 0.0625. The van der Waals surface area contributed by atoms with Crippen molar-refractivity contribution >= 4 is 104 Å². The van der Waals surface area contributed by atoms with Gasteiger partial charge in [0.2, 0.25) is 0 Å². The number of carboxylic acid groups (broad SMARTS) is 1. The van der Waals surface area contributed by atoms with Crippen molar-refractivity contribution in [2.24, 2.45) is 0 Å². The van der Waals surface area contributed by atoms with Crippen molar-refractivity contribution < 1.29 is 88.7 Å². The van der Waals surface area contributed by atoms with Crippen LogP contribution in [-0.4, -0.2) is 39.7 Å². The van der Waals surface area contributed by atoms with Crippen molar-refractivity contribution in [2.75, 3.05) is 10.6 Å². The molecule has 0 saturated carbocycles. The minimum absolute atomic E-state index is 0. The second-order valence-electron chi connectivity index (χ2n) is 10.3. The third-order valence-corrected chi connectivity index (χ3v) is 8.20. The monoisotopic (exact) mass is 1540 g/mol. The molecule has 2 amide bonds. The number of rotatable bonds is 7. The summed E-state index contributed by atoms with van der Waals surface area (Å²) in [5.74, 6) is -1.16. The smallest absolute Gasteiger partial charge is 0.335 e. The van der Waals surface area contributed by atoms with E-state index in [9.17, 15) is 14.4 Å². The molecule has 1 unspecified atom stereocenters. The fourth-order valence-electron chi connectivity index (χ4n) is 4.24. The van der Waals surface area contributed by atoms with E-state index in [-0.39, 0.29) is 92.8 Å². The predicted molar refractivity (Wildman–Crippen MR) is 348 cm³/mol. The molecule has 3 N–H and O–H groups in total. The van der Waals surface area contributed by atoms with Gasteiger partial charge in [-0.1, -0.05) is 234 Å². The van der Waals surface area contributed by atoms with Gasteiger partial charge < -0.3 is 12.5 Å². The van der Waals surface area contributed by atoms with Crippen LogP contribution < -0.4 is 23.9 Å². The molecule has 0 aliphatic carbocycles. The van der Waals surface area contributed by atoms with Crippen LogP contribution in [0.15, 0.2) is 162 Å². The number of benzene rings is 5. The zero-order chi connectivity index (χ0) is 53.7. The Morgan fingerprint density at radius 1 is 0.493 bits per heavy atom. The summed E-state index contributed by atoms with van der Waals surface area (Å²) in [5, 5.41) is 19.1. The zero-order valence-electron chi connectivity index (χ0n) is 44.7. The first kappa shape index (κ1) is 98.4. The number of nitrogens with one attached hydrogen (secondary N) is 2. The first-order valence-corrected chi connectivity index (χ1v) is 37.8. The number of thiazole rings is 2. The minimum atomic E-state index is -0.879. The first-order valence-electron chi connectivity index (χ1n) is 22.8. The van der Waals surface area contributed by atoms with Crippen molar-refractivity contribution in [3.8, 4) is 22.5 Å². The maximum atomic E-state index is 12.0. The molecule has 418 valence electrons. The number of hydrogen-bond acceptors (Lipinski definition) is 8. The van der Waals surface area contributed by atoms with Crippen LogP contribution in [0.2, 0.25) is 0 Å². The Morgan fingerprint density at radius 3 is 0.893 bits per heavy atom. The van der Waals surface area contributed by atoms with E-state index in [0.717, 1.165) is 22.5 Å². The Hall–Kier alpha value is -2.06. The van der Waals surface area contributed by atoms with Gasteiger partial charge in [-0.05, 0) is 36.4 Å². The number of carbonyl (C=O) groups excluding carboxylic acids is 2. The molecular weight excluding hydrogens is 1450 g/mol. The van der Waals surface area contributed by atoms with Crippen molar-refractivity contribution in [3.63, 3.8) is 0 Å². The number of amides is 2. The van der Waals surface area contributed by atoms with E-state index in [1.54, 1.807) is 54.6 Å². The number of aromatic nitrogens is 2. The van der Waals surface area contributed by atoms with E-state index in [4.69, 9.17) is 9.81 Å². The molecule has 2 heterocycles. The van der Waals surface area contributed by atoms with Crippen molar-refractivity contribution in [3.05, 3.63) is 187 Å². The number of aromatic carboxylic acids is 1. The van der Waals surface area contributed by atoms with Crippen LogP contribution >= 0.6 is 69.0 Å². The molecule has 2 aromatic heterocycles. The van der Waals surface area contributed by atoms with Gasteiger partial charge >= 0.3 is 77.1 Å². The summed E-state index contributed by atoms with van der Waals surface area (Å²) in [6, 6.07) is 46.3. The van der Waals surface area contributed by atoms with Gasteiger partial charge in [-0.25, -0.2) is 14.8 Å². The van der Waals surface area contributed by atoms with Crippen LogP contribution in [-0.2, 0) is 56.0 Å². The average Bonchev–Trinajstić information content (AvgIpc) is 4.13. The van der Waals surface area contributed by atoms with Gasteiger partial charge in [-0.2, -0.15) is 0 Å². The standard InChI is InChI=1S/2C16H12N2OS.C7H6O2.7C2H6.3CH4.CH3.BH2OP.I3.V.Y/c2*19-15(13-9-5-2-6-10-13)18-16-17-14(11-20-16)12-7-3-1-4-8-12;8-7(9)6-4-2-1-3-5-6;7*1-2;;;;;2-1-3;1-3-2;;/h2*1-11H,(H,17,18,19);1-5H,(H,8,9);7*1-2H3;3*1H4;1H3;3H2;;;/q;;;;;;;;;;;;;-1;;-1;;. The predicted octanol–water partition coefficient (Wildman–Crippen LogP) is 17.6. The summed E-state index contributed by atoms with van der Waals surface area (Å²) in [5.41, 5.74) is 5.43. The molecule has 0 fully saturated rings. The fraction of sp³-hybridized carbons (Fsp3) is 0.298. The number of hydrogen-bond donors (Lipinski definition) is 3. The third kappa shape index (κ3) is 49.9. The topological polar surface area (TPSA) is 138 Å². The second kappa shape index (κ2) is 76.2. The Bertz CT molecular complexity index is 2070. The molecule has 0 aliphatic rings. The Labute approximate surface area is 534 Å². The van der Waals surface area contributed by atoms with Gasteiger partial charge in [-0.3, -0.25) is 20.2 Å². The summed E-state index contributed by atoms with van der Waals surface area (Å²) in [6.45, 7) is 28.7. The van der Waals surface area contributed by atoms with E-state index in [1.807, 2.05) is 214 Å². The van der Waals surface area contributed by atoms with Crippen molar-refractivity contribution in [1.82, 2.24) is 9.97 Å². The van der Waals surface area contributed by atoms with Crippen molar-refractivity contribution in [1.29, 1.82) is 0 Å². The molecule has 0 bridgehead atoms. The van der Waals surface area contributed by atoms with E-state index >= 15 is 0 Å². The van der Waals surface area contributed by atoms with Gasteiger partial charge in [-0.15, -0.1) is 22.7 Å². The summed E-state index contributed by atoms with van der Waals surface area (Å²) in [4.78, 5) is 43.1. The van der Waals surface area contributed by atoms with Gasteiger partial charge in [0.05, 0.1) is 17.0 Å². The molecule has 7 aromatic rings. The molecule has 9 nitrogen and oxygen atoms in total. The maximum Gasteiger partial charge on any atom is 0.335 e. The van der Waals surface area contributed by atoms with Crippen molar-refractivity contribution in [2.45, 2.75) is 119 Å². The molecular formula is C57H89BI3N4O5PS2VY-2. The number of halogens is 3. The summed E-state index contributed by atoms with van der Waals surface area (Å²) < 4.78 is 8.77. The first-order chi connectivity index (χ1) is 33.8. The minimum Gasteiger partial charge on any atom is -0.478 e. The fourth-order valence-corrected chi connectivity index (χ4v) is 5.67. The molecule has 7 rings (SSSR count). The maximum absolute atomic E-state index is 12.0. The molecule has 2 radical (unpaired) electrons. The van der Waals surface area contributed by atoms with Crippen LogP contribution in [0.3, 0.4) is 0 Å². The zero-order valence-corrected chi connectivity index (χ0v) is 58.2. The molecule has 75 heavy (non-hydrogen) atoms. The Morgan fingerprint density at radius 2 is 0.693 bits per heavy atom. The van der Waals surface area contributed by atoms with Gasteiger partial charge in [0.1, 0.15) is 0 Å². The molecule has 0 aliphatic heterocycles. The summed E-state index contributed by atoms with van der Waals surface area (Å²) >= 11 is 8.15. The molecule has 5 aromatic carbocycles. The summed E-state index contributed by atoms with van der Waals surface area (Å²) in [7, 11) is 1.90. The molecule has 0 saturated heterocycles. The van der Waals surface area contributed by atoms with E-state index < -0.39 is 5.97 Å². The SMILES string of the molecule is C.C.C.CC.CC.CC.CC.CC.CC.CC.I[I-]I.O=BP.O=C(Nc1nc(-c2ccccc2)cs1)c1ccccc1.O=C(Nc1nc(-c2ccccc2)cs1)c1ccccc1.O=C(O)c1ccccc1.[CH3-].[V].[Y]. The van der Waals surface area contributed by atoms with Gasteiger partial charge in [0, 0.05) is 84.3 Å². The van der Waals surface area contributed by atoms with Crippen LogP contribution in [0.1, 0.15) is 150 Å². The number of nitrogens with zero attached hydrogens (tertiary/aromatic N) is 2. The van der Waals surface area contributed by atoms with E-state index in [0.29, 0.717) is 47.1 Å². The average molecular weight is 1540 g/mol. The largest absolute Gasteiger partial charge is 0.478 e. The van der Waals surface area contributed by atoms with Crippen LogP contribution in [0.25, 0.3) is 22.5 Å². The second-order valence-corrected chi connectivity index (χ2v) is 28.5. The molecule has 1 atom stereocenters. The molecule has 0 spiro atoms. The van der Waals surface area contributed by atoms with E-state index in [1.165, 1.54) is 22.7 Å².